The maximum Gasteiger partial charge on any atom is 0.271 e. The lowest BCUT2D eigenvalue weighted by atomic mass is 9.97. The zero-order chi connectivity index (χ0) is 14.0. The van der Waals surface area contributed by atoms with Crippen molar-refractivity contribution >= 4 is 23.0 Å². The van der Waals surface area contributed by atoms with Gasteiger partial charge in [0.15, 0.2) is 0 Å². The maximum absolute atomic E-state index is 10.8. The fraction of sp³-hybridized carbons (Fsp3) is 0.462. The van der Waals surface area contributed by atoms with Gasteiger partial charge in [-0.05, 0) is 25.3 Å². The van der Waals surface area contributed by atoms with Gasteiger partial charge >= 0.3 is 0 Å². The molecule has 1 heterocycles. The summed E-state index contributed by atoms with van der Waals surface area (Å²) in [5.41, 5.74) is 1.66. The quantitative estimate of drug-likeness (QED) is 0.615. The number of benzene rings is 1. The molecule has 0 radical (unpaired) electrons. The number of rotatable bonds is 2. The van der Waals surface area contributed by atoms with Gasteiger partial charge in [0.05, 0.1) is 21.7 Å². The molecule has 1 aliphatic heterocycles. The molecule has 0 bridgehead atoms. The van der Waals surface area contributed by atoms with Crippen LogP contribution in [0.4, 0.5) is 11.4 Å². The van der Waals surface area contributed by atoms with Crippen LogP contribution in [0.5, 0.6) is 0 Å². The van der Waals surface area contributed by atoms with E-state index in [2.05, 4.69) is 11.0 Å². The second kappa shape index (κ2) is 5.45. The van der Waals surface area contributed by atoms with Crippen LogP contribution < -0.4 is 4.90 Å². The molecule has 0 N–H and O–H groups in total. The number of nitrogens with zero attached hydrogens (tertiary/aromatic N) is 3. The van der Waals surface area contributed by atoms with Crippen molar-refractivity contribution in [1.82, 2.24) is 0 Å². The average Bonchev–Trinajstić information content (AvgIpc) is 2.38. The van der Waals surface area contributed by atoms with Crippen molar-refractivity contribution in [3.8, 4) is 6.07 Å². The van der Waals surface area contributed by atoms with E-state index in [1.54, 1.807) is 0 Å². The minimum atomic E-state index is -0.440. The van der Waals surface area contributed by atoms with E-state index in [0.717, 1.165) is 37.2 Å². The summed E-state index contributed by atoms with van der Waals surface area (Å²) in [6, 6.07) is 5.21. The monoisotopic (exact) mass is 279 g/mol. The topological polar surface area (TPSA) is 70.2 Å². The van der Waals surface area contributed by atoms with Gasteiger partial charge in [-0.1, -0.05) is 11.6 Å². The van der Waals surface area contributed by atoms with E-state index in [1.807, 2.05) is 6.92 Å². The second-order valence-corrected chi connectivity index (χ2v) is 5.15. The number of aryl methyl sites for hydroxylation is 1. The predicted molar refractivity (Wildman–Crippen MR) is 73.4 cm³/mol. The van der Waals surface area contributed by atoms with E-state index in [1.165, 1.54) is 12.1 Å². The maximum atomic E-state index is 10.8. The first-order valence-electron chi connectivity index (χ1n) is 6.12. The van der Waals surface area contributed by atoms with E-state index in [4.69, 9.17) is 16.9 Å². The summed E-state index contributed by atoms with van der Waals surface area (Å²) in [6.45, 7) is 3.35. The first-order chi connectivity index (χ1) is 9.02. The van der Waals surface area contributed by atoms with Gasteiger partial charge in [-0.2, -0.15) is 5.26 Å². The summed E-state index contributed by atoms with van der Waals surface area (Å²) >= 11 is 6.17. The van der Waals surface area contributed by atoms with Gasteiger partial charge in [0.2, 0.25) is 0 Å². The van der Waals surface area contributed by atoms with Gasteiger partial charge in [-0.25, -0.2) is 0 Å². The molecule has 1 aliphatic rings. The summed E-state index contributed by atoms with van der Waals surface area (Å²) in [5.74, 6) is 0.105. The zero-order valence-corrected chi connectivity index (χ0v) is 11.4. The van der Waals surface area contributed by atoms with Crippen molar-refractivity contribution in [3.63, 3.8) is 0 Å². The minimum Gasteiger partial charge on any atom is -0.370 e. The Hall–Kier alpha value is -1.80. The largest absolute Gasteiger partial charge is 0.370 e. The van der Waals surface area contributed by atoms with E-state index >= 15 is 0 Å². The van der Waals surface area contributed by atoms with Gasteiger partial charge in [-0.3, -0.25) is 10.1 Å². The van der Waals surface area contributed by atoms with Crippen LogP contribution in [-0.2, 0) is 0 Å². The molecule has 1 saturated heterocycles. The molecule has 0 atom stereocenters. The van der Waals surface area contributed by atoms with Crippen LogP contribution in [0.1, 0.15) is 18.4 Å². The number of anilines is 1. The van der Waals surface area contributed by atoms with Gasteiger partial charge in [-0.15, -0.1) is 0 Å². The highest BCUT2D eigenvalue weighted by atomic mass is 35.5. The molecule has 1 aromatic rings. The third kappa shape index (κ3) is 2.79. The van der Waals surface area contributed by atoms with Gasteiger partial charge in [0.1, 0.15) is 0 Å². The number of halogens is 1. The van der Waals surface area contributed by atoms with E-state index in [-0.39, 0.29) is 11.6 Å². The number of non-ortho nitro benzene ring substituents is 1. The van der Waals surface area contributed by atoms with Crippen LogP contribution in [0.2, 0.25) is 5.02 Å². The molecule has 5 nitrogen and oxygen atoms in total. The Bertz CT molecular complexity index is 522. The number of hydrogen-bond acceptors (Lipinski definition) is 4. The molecule has 0 amide bonds. The van der Waals surface area contributed by atoms with Crippen LogP contribution in [0.3, 0.4) is 0 Å². The van der Waals surface area contributed by atoms with Crippen LogP contribution in [0, 0.1) is 34.3 Å². The SMILES string of the molecule is Cc1cc([N+](=O)[O-])cc(Cl)c1N1CCC(C#N)CC1. The Balaban J connectivity index is 2.27. The molecule has 0 saturated carbocycles. The van der Waals surface area contributed by atoms with Crippen molar-refractivity contribution in [2.75, 3.05) is 18.0 Å². The predicted octanol–water partition coefficient (Wildman–Crippen LogP) is 3.30. The summed E-state index contributed by atoms with van der Waals surface area (Å²) < 4.78 is 0. The highest BCUT2D eigenvalue weighted by Gasteiger charge is 2.23. The lowest BCUT2D eigenvalue weighted by Gasteiger charge is -2.32. The average molecular weight is 280 g/mol. The Labute approximate surface area is 116 Å². The molecule has 0 aliphatic carbocycles. The molecule has 6 heteroatoms. The molecule has 2 rings (SSSR count). The first kappa shape index (κ1) is 13.6. The van der Waals surface area contributed by atoms with E-state index in [0.29, 0.717) is 5.02 Å². The molecule has 0 aromatic heterocycles. The standard InChI is InChI=1S/C13H14ClN3O2/c1-9-6-11(17(18)19)7-12(14)13(9)16-4-2-10(8-15)3-5-16/h6-7,10H,2-5H2,1H3. The minimum absolute atomic E-state index is 0.0122. The van der Waals surface area contributed by atoms with Gasteiger partial charge in [0.25, 0.3) is 5.69 Å². The summed E-state index contributed by atoms with van der Waals surface area (Å²) in [5, 5.41) is 20.1. The van der Waals surface area contributed by atoms with Crippen LogP contribution in [0.25, 0.3) is 0 Å². The lowest BCUT2D eigenvalue weighted by molar-refractivity contribution is -0.384. The van der Waals surface area contributed by atoms with Crippen molar-refractivity contribution in [2.24, 2.45) is 5.92 Å². The Morgan fingerprint density at radius 1 is 1.47 bits per heavy atom. The Morgan fingerprint density at radius 3 is 2.58 bits per heavy atom. The summed E-state index contributed by atoms with van der Waals surface area (Å²) in [7, 11) is 0. The molecular weight excluding hydrogens is 266 g/mol. The van der Waals surface area contributed by atoms with Crippen molar-refractivity contribution in [3.05, 3.63) is 32.8 Å². The number of nitro benzene ring substituents is 1. The summed E-state index contributed by atoms with van der Waals surface area (Å²) in [4.78, 5) is 12.4. The fourth-order valence-electron chi connectivity index (χ4n) is 2.46. The second-order valence-electron chi connectivity index (χ2n) is 4.74. The van der Waals surface area contributed by atoms with Crippen LogP contribution in [0.15, 0.2) is 12.1 Å². The number of piperidine rings is 1. The summed E-state index contributed by atoms with van der Waals surface area (Å²) in [6.07, 6.45) is 1.62. The first-order valence-corrected chi connectivity index (χ1v) is 6.50. The molecule has 19 heavy (non-hydrogen) atoms. The Kier molecular flexibility index (Phi) is 3.91. The van der Waals surface area contributed by atoms with Gasteiger partial charge in [0, 0.05) is 31.1 Å². The smallest absolute Gasteiger partial charge is 0.271 e. The van der Waals surface area contributed by atoms with E-state index in [9.17, 15) is 10.1 Å². The highest BCUT2D eigenvalue weighted by molar-refractivity contribution is 6.33. The molecule has 1 aromatic carbocycles. The molecule has 1 fully saturated rings. The molecule has 100 valence electrons. The number of nitriles is 1. The highest BCUT2D eigenvalue weighted by Crippen LogP contribution is 2.35. The third-order valence-corrected chi connectivity index (χ3v) is 3.73. The van der Waals surface area contributed by atoms with Crippen molar-refractivity contribution in [1.29, 1.82) is 5.26 Å². The number of hydrogen-bond donors (Lipinski definition) is 0. The molecule has 0 spiro atoms. The van der Waals surface area contributed by atoms with Crippen molar-refractivity contribution < 1.29 is 4.92 Å². The molecular formula is C13H14ClN3O2. The van der Waals surface area contributed by atoms with Crippen LogP contribution >= 0.6 is 11.6 Å². The number of nitro groups is 1. The normalized spacial score (nSPS) is 16.2. The fourth-order valence-corrected chi connectivity index (χ4v) is 2.84. The van der Waals surface area contributed by atoms with Crippen LogP contribution in [-0.4, -0.2) is 18.0 Å². The van der Waals surface area contributed by atoms with E-state index < -0.39 is 4.92 Å². The Morgan fingerprint density at radius 2 is 2.11 bits per heavy atom. The lowest BCUT2D eigenvalue weighted by Crippen LogP contribution is -2.33. The van der Waals surface area contributed by atoms with Gasteiger partial charge < -0.3 is 4.90 Å². The zero-order valence-electron chi connectivity index (χ0n) is 10.6. The third-order valence-electron chi connectivity index (χ3n) is 3.44. The molecule has 0 unspecified atom stereocenters. The van der Waals surface area contributed by atoms with Crippen molar-refractivity contribution in [2.45, 2.75) is 19.8 Å².